The third-order valence-electron chi connectivity index (χ3n) is 3.54. The lowest BCUT2D eigenvalue weighted by molar-refractivity contribution is -0.121. The van der Waals surface area contributed by atoms with Gasteiger partial charge < -0.3 is 5.32 Å². The second-order valence-electron chi connectivity index (χ2n) is 5.84. The van der Waals surface area contributed by atoms with Crippen LogP contribution in [0.25, 0.3) is 0 Å². The van der Waals surface area contributed by atoms with Crippen LogP contribution in [0.5, 0.6) is 0 Å². The Bertz CT molecular complexity index is 664. The number of nitrogens with one attached hydrogen (secondary N) is 1. The fourth-order valence-corrected chi connectivity index (χ4v) is 4.11. The normalized spacial score (nSPS) is 19.0. The minimum Gasteiger partial charge on any atom is -0.353 e. The van der Waals surface area contributed by atoms with Gasteiger partial charge in [-0.05, 0) is 26.3 Å². The third kappa shape index (κ3) is 4.49. The van der Waals surface area contributed by atoms with Gasteiger partial charge in [0, 0.05) is 31.2 Å². The van der Waals surface area contributed by atoms with Crippen molar-refractivity contribution in [3.05, 3.63) is 35.6 Å². The molecule has 0 unspecified atom stereocenters. The molecule has 1 aromatic rings. The van der Waals surface area contributed by atoms with Gasteiger partial charge in [0.25, 0.3) is 10.2 Å². The summed E-state index contributed by atoms with van der Waals surface area (Å²) in [7, 11) is -3.77. The Hall–Kier alpha value is -1.51. The number of carbonyl (C=O) groups excluding carboxylic acids is 1. The van der Waals surface area contributed by atoms with E-state index in [4.69, 9.17) is 0 Å². The maximum Gasteiger partial charge on any atom is 0.282 e. The molecule has 1 fully saturated rings. The van der Waals surface area contributed by atoms with Gasteiger partial charge in [-0.3, -0.25) is 4.79 Å². The van der Waals surface area contributed by atoms with Gasteiger partial charge in [0.15, 0.2) is 0 Å². The molecule has 8 heteroatoms. The molecule has 0 saturated carbocycles. The van der Waals surface area contributed by atoms with Crippen LogP contribution >= 0.6 is 0 Å². The summed E-state index contributed by atoms with van der Waals surface area (Å²) in [4.78, 5) is 11.8. The molecule has 0 aliphatic carbocycles. The van der Waals surface area contributed by atoms with Crippen LogP contribution in [0, 0.1) is 5.82 Å². The van der Waals surface area contributed by atoms with E-state index in [1.54, 1.807) is 18.2 Å². The molecule has 128 valence electrons. The predicted octanol–water partition coefficient (Wildman–Crippen LogP) is 1.10. The van der Waals surface area contributed by atoms with Crippen LogP contribution in [0.1, 0.15) is 25.8 Å². The zero-order valence-corrected chi connectivity index (χ0v) is 14.1. The van der Waals surface area contributed by atoms with Crippen LogP contribution < -0.4 is 5.32 Å². The Morgan fingerprint density at radius 2 is 1.91 bits per heavy atom. The number of hydrogen-bond acceptors (Lipinski definition) is 3. The van der Waals surface area contributed by atoms with Gasteiger partial charge in [-0.25, -0.2) is 4.39 Å². The summed E-state index contributed by atoms with van der Waals surface area (Å²) in [5.41, 5.74) is 0.324. The Balaban J connectivity index is 2.10. The van der Waals surface area contributed by atoms with Crippen LogP contribution in [-0.4, -0.2) is 48.6 Å². The lowest BCUT2D eigenvalue weighted by atomic mass is 10.2. The van der Waals surface area contributed by atoms with E-state index < -0.39 is 16.0 Å². The highest BCUT2D eigenvalue weighted by molar-refractivity contribution is 7.86. The van der Waals surface area contributed by atoms with Gasteiger partial charge in [0.1, 0.15) is 5.82 Å². The maximum absolute atomic E-state index is 13.7. The second kappa shape index (κ2) is 7.37. The SMILES string of the molecule is CC(C)NC(=O)CN1CCCN(Cc2ccccc2F)S1(=O)=O. The molecule has 1 aliphatic heterocycles. The highest BCUT2D eigenvalue weighted by Crippen LogP contribution is 2.20. The first kappa shape index (κ1) is 17.8. The van der Waals surface area contributed by atoms with Crippen molar-refractivity contribution >= 4 is 16.1 Å². The number of rotatable bonds is 5. The van der Waals surface area contributed by atoms with Gasteiger partial charge >= 0.3 is 0 Å². The molecular formula is C15H22FN3O3S. The van der Waals surface area contributed by atoms with E-state index in [1.807, 2.05) is 13.8 Å². The molecule has 6 nitrogen and oxygen atoms in total. The lowest BCUT2D eigenvalue weighted by Crippen LogP contribution is -2.52. The molecule has 0 aromatic heterocycles. The smallest absolute Gasteiger partial charge is 0.282 e. The van der Waals surface area contributed by atoms with Gasteiger partial charge in [-0.2, -0.15) is 17.0 Å². The van der Waals surface area contributed by atoms with E-state index in [9.17, 15) is 17.6 Å². The standard InChI is InChI=1S/C15H22FN3O3S/c1-12(2)17-15(20)11-19-9-5-8-18(23(19,21)22)10-13-6-3-4-7-14(13)16/h3-4,6-7,12H,5,8-11H2,1-2H3,(H,17,20). The molecule has 1 heterocycles. The van der Waals surface area contributed by atoms with Gasteiger partial charge in [-0.15, -0.1) is 0 Å². The van der Waals surface area contributed by atoms with Crippen LogP contribution in [0.3, 0.4) is 0 Å². The van der Waals surface area contributed by atoms with Crippen molar-refractivity contribution in [1.82, 2.24) is 13.9 Å². The Morgan fingerprint density at radius 1 is 1.26 bits per heavy atom. The molecule has 1 aromatic carbocycles. The van der Waals surface area contributed by atoms with E-state index in [1.165, 1.54) is 10.4 Å². The number of nitrogens with zero attached hydrogens (tertiary/aromatic N) is 2. The van der Waals surface area contributed by atoms with Crippen molar-refractivity contribution in [2.75, 3.05) is 19.6 Å². The number of amides is 1. The second-order valence-corrected chi connectivity index (χ2v) is 7.77. The minimum atomic E-state index is -3.77. The largest absolute Gasteiger partial charge is 0.353 e. The van der Waals surface area contributed by atoms with E-state index in [0.29, 0.717) is 25.1 Å². The van der Waals surface area contributed by atoms with Crippen molar-refractivity contribution in [3.63, 3.8) is 0 Å². The highest BCUT2D eigenvalue weighted by atomic mass is 32.2. The van der Waals surface area contributed by atoms with E-state index in [2.05, 4.69) is 5.32 Å². The summed E-state index contributed by atoms with van der Waals surface area (Å²) in [6.07, 6.45) is 0.600. The minimum absolute atomic E-state index is 0.0305. The molecule has 0 spiro atoms. The van der Waals surface area contributed by atoms with Crippen LogP contribution in [-0.2, 0) is 21.5 Å². The van der Waals surface area contributed by atoms with Crippen LogP contribution in [0.15, 0.2) is 24.3 Å². The van der Waals surface area contributed by atoms with Crippen molar-refractivity contribution in [3.8, 4) is 0 Å². The fourth-order valence-electron chi connectivity index (χ4n) is 2.48. The first-order chi connectivity index (χ1) is 10.8. The summed E-state index contributed by atoms with van der Waals surface area (Å²) >= 11 is 0. The number of hydrogen-bond donors (Lipinski definition) is 1. The van der Waals surface area contributed by atoms with E-state index >= 15 is 0 Å². The Kier molecular flexibility index (Phi) is 5.72. The van der Waals surface area contributed by atoms with E-state index in [0.717, 1.165) is 4.31 Å². The lowest BCUT2D eigenvalue weighted by Gasteiger charge is -2.34. The first-order valence-corrected chi connectivity index (χ1v) is 8.98. The van der Waals surface area contributed by atoms with Crippen molar-refractivity contribution in [2.24, 2.45) is 0 Å². The Labute approximate surface area is 136 Å². The Morgan fingerprint density at radius 3 is 2.57 bits per heavy atom. The molecule has 1 aliphatic rings. The monoisotopic (exact) mass is 343 g/mol. The van der Waals surface area contributed by atoms with E-state index in [-0.39, 0.29) is 25.0 Å². The first-order valence-electron chi connectivity index (χ1n) is 7.58. The molecule has 1 saturated heterocycles. The average Bonchev–Trinajstić information content (AvgIpc) is 2.45. The summed E-state index contributed by atoms with van der Waals surface area (Å²) in [6.45, 7) is 3.99. The maximum atomic E-state index is 13.7. The summed E-state index contributed by atoms with van der Waals surface area (Å²) in [5, 5.41) is 2.68. The molecule has 0 bridgehead atoms. The molecule has 2 rings (SSSR count). The molecule has 1 N–H and O–H groups in total. The van der Waals surface area contributed by atoms with Crippen LogP contribution in [0.2, 0.25) is 0 Å². The molecule has 23 heavy (non-hydrogen) atoms. The number of halogens is 1. The molecular weight excluding hydrogens is 321 g/mol. The predicted molar refractivity (Wildman–Crippen MR) is 85.2 cm³/mol. The van der Waals surface area contributed by atoms with Crippen molar-refractivity contribution in [2.45, 2.75) is 32.9 Å². The van der Waals surface area contributed by atoms with Gasteiger partial charge in [0.05, 0.1) is 6.54 Å². The molecule has 1 amide bonds. The van der Waals surface area contributed by atoms with Gasteiger partial charge in [-0.1, -0.05) is 18.2 Å². The summed E-state index contributed by atoms with van der Waals surface area (Å²) in [5.74, 6) is -0.770. The average molecular weight is 343 g/mol. The molecule has 0 atom stereocenters. The highest BCUT2D eigenvalue weighted by Gasteiger charge is 2.35. The quantitative estimate of drug-likeness (QED) is 0.870. The zero-order chi connectivity index (χ0) is 17.0. The number of carbonyl (C=O) groups is 1. The van der Waals surface area contributed by atoms with Gasteiger partial charge in [0.2, 0.25) is 5.91 Å². The molecule has 0 radical (unpaired) electrons. The topological polar surface area (TPSA) is 69.7 Å². The van der Waals surface area contributed by atoms with Crippen LogP contribution in [0.4, 0.5) is 4.39 Å². The van der Waals surface area contributed by atoms with Crippen molar-refractivity contribution in [1.29, 1.82) is 0 Å². The summed E-state index contributed by atoms with van der Waals surface area (Å²) in [6, 6.07) is 6.05. The van der Waals surface area contributed by atoms with Crippen molar-refractivity contribution < 1.29 is 17.6 Å². The zero-order valence-electron chi connectivity index (χ0n) is 13.3. The third-order valence-corrected chi connectivity index (χ3v) is 5.47. The fraction of sp³-hybridized carbons (Fsp3) is 0.533. The number of benzene rings is 1. The summed E-state index contributed by atoms with van der Waals surface area (Å²) < 4.78 is 41.3.